The first kappa shape index (κ1) is 30.1. The van der Waals surface area contributed by atoms with Crippen LogP contribution in [0.2, 0.25) is 0 Å². The summed E-state index contributed by atoms with van der Waals surface area (Å²) in [5.74, 6) is 1.39. The molecule has 36 heavy (non-hydrogen) atoms. The number of nitrogens with one attached hydrogen (secondary N) is 1. The minimum atomic E-state index is -2.22. The van der Waals surface area contributed by atoms with E-state index in [9.17, 15) is 8.78 Å². The van der Waals surface area contributed by atoms with Crippen molar-refractivity contribution in [1.29, 1.82) is 0 Å². The van der Waals surface area contributed by atoms with E-state index >= 15 is 0 Å². The van der Waals surface area contributed by atoms with Crippen LogP contribution in [0.25, 0.3) is 0 Å². The van der Waals surface area contributed by atoms with E-state index in [0.717, 1.165) is 64.0 Å². The number of anilines is 1. The van der Waals surface area contributed by atoms with Crippen molar-refractivity contribution in [2.75, 3.05) is 37.6 Å². The average Bonchev–Trinajstić information content (AvgIpc) is 2.83. The van der Waals surface area contributed by atoms with Crippen molar-refractivity contribution in [2.45, 2.75) is 84.2 Å². The number of nitrogens with zero attached hydrogens (tertiary/aromatic N) is 4. The Morgan fingerprint density at radius 1 is 1.11 bits per heavy atom. The number of alkyl halides is 2. The van der Waals surface area contributed by atoms with Gasteiger partial charge in [-0.05, 0) is 57.1 Å². The van der Waals surface area contributed by atoms with E-state index in [0.29, 0.717) is 12.0 Å². The lowest BCUT2D eigenvalue weighted by Gasteiger charge is -2.42. The lowest BCUT2D eigenvalue weighted by Crippen LogP contribution is -2.52. The van der Waals surface area contributed by atoms with Crippen LogP contribution in [0.4, 0.5) is 14.7 Å². The van der Waals surface area contributed by atoms with Gasteiger partial charge in [0.05, 0.1) is 0 Å². The van der Waals surface area contributed by atoms with E-state index in [1.165, 1.54) is 30.9 Å². The van der Waals surface area contributed by atoms with E-state index in [1.54, 1.807) is 0 Å². The maximum absolute atomic E-state index is 11.0. The molecule has 2 fully saturated rings. The highest BCUT2D eigenvalue weighted by atomic mass is 19.3. The minimum absolute atomic E-state index is 0.194. The first-order valence-corrected chi connectivity index (χ1v) is 13.7. The Hall–Kier alpha value is -2.12. The van der Waals surface area contributed by atoms with Gasteiger partial charge < -0.3 is 10.2 Å². The Morgan fingerprint density at radius 2 is 1.81 bits per heavy atom. The van der Waals surface area contributed by atoms with Crippen molar-refractivity contribution >= 4 is 5.95 Å². The SMILES string of the molecule is C/C=C\C(C)/C=C/C(CCCc1cnc(N2CCN(C3CCC3)CC2)nc1)NCC.C=CCC(F)F. The van der Waals surface area contributed by atoms with Crippen molar-refractivity contribution in [3.63, 3.8) is 0 Å². The fraction of sp³-hybridized carbons (Fsp3) is 0.655. The first-order chi connectivity index (χ1) is 17.5. The van der Waals surface area contributed by atoms with Crippen LogP contribution in [0.15, 0.2) is 49.4 Å². The van der Waals surface area contributed by atoms with Crippen molar-refractivity contribution in [3.05, 3.63) is 54.9 Å². The number of aromatic nitrogens is 2. The van der Waals surface area contributed by atoms with E-state index in [1.807, 2.05) is 12.4 Å². The molecule has 2 unspecified atom stereocenters. The van der Waals surface area contributed by atoms with Crippen molar-refractivity contribution in [2.24, 2.45) is 5.92 Å². The number of hydrogen-bond acceptors (Lipinski definition) is 5. The third-order valence-electron chi connectivity index (χ3n) is 6.81. The molecule has 1 aliphatic heterocycles. The third kappa shape index (κ3) is 11.3. The predicted molar refractivity (Wildman–Crippen MR) is 148 cm³/mol. The Kier molecular flexibility index (Phi) is 14.5. The number of halogens is 2. The molecule has 2 aliphatic rings. The van der Waals surface area contributed by atoms with Gasteiger partial charge in [-0.15, -0.1) is 6.58 Å². The summed E-state index contributed by atoms with van der Waals surface area (Å²) >= 11 is 0. The normalized spacial score (nSPS) is 18.8. The Bertz CT molecular complexity index is 768. The molecule has 202 valence electrons. The van der Waals surface area contributed by atoms with Crippen LogP contribution in [-0.4, -0.2) is 66.1 Å². The topological polar surface area (TPSA) is 44.3 Å². The molecule has 1 aliphatic carbocycles. The maximum Gasteiger partial charge on any atom is 0.242 e. The second kappa shape index (κ2) is 17.4. The Balaban J connectivity index is 0.000000678. The molecule has 7 heteroatoms. The predicted octanol–water partition coefficient (Wildman–Crippen LogP) is 6.05. The van der Waals surface area contributed by atoms with E-state index in [-0.39, 0.29) is 6.42 Å². The molecule has 5 nitrogen and oxygen atoms in total. The lowest BCUT2D eigenvalue weighted by molar-refractivity contribution is 0.120. The van der Waals surface area contributed by atoms with Crippen LogP contribution < -0.4 is 10.2 Å². The molecular weight excluding hydrogens is 456 g/mol. The van der Waals surface area contributed by atoms with Crippen LogP contribution in [0, 0.1) is 5.92 Å². The summed E-state index contributed by atoms with van der Waals surface area (Å²) in [6, 6.07) is 1.29. The van der Waals surface area contributed by atoms with Gasteiger partial charge in [-0.25, -0.2) is 18.7 Å². The molecule has 1 N–H and O–H groups in total. The number of likely N-dealkylation sites (N-methyl/N-ethyl adjacent to an activating group) is 1. The van der Waals surface area contributed by atoms with Crippen LogP contribution >= 0.6 is 0 Å². The highest BCUT2D eigenvalue weighted by molar-refractivity contribution is 5.30. The molecule has 0 aromatic carbocycles. The van der Waals surface area contributed by atoms with Crippen LogP contribution in [-0.2, 0) is 6.42 Å². The van der Waals surface area contributed by atoms with Crippen LogP contribution in [0.5, 0.6) is 0 Å². The summed E-state index contributed by atoms with van der Waals surface area (Å²) in [5.41, 5.74) is 1.24. The molecule has 2 atom stereocenters. The summed E-state index contributed by atoms with van der Waals surface area (Å²) in [6.45, 7) is 15.0. The summed E-state index contributed by atoms with van der Waals surface area (Å²) < 4.78 is 21.9. The van der Waals surface area contributed by atoms with Crippen LogP contribution in [0.3, 0.4) is 0 Å². The maximum atomic E-state index is 11.0. The largest absolute Gasteiger partial charge is 0.338 e. The number of piperazine rings is 1. The molecule has 1 aromatic heterocycles. The molecule has 0 amide bonds. The van der Waals surface area contributed by atoms with Gasteiger partial charge in [0.25, 0.3) is 0 Å². The van der Waals surface area contributed by atoms with Gasteiger partial charge in [-0.1, -0.05) is 50.6 Å². The second-order valence-electron chi connectivity index (χ2n) is 9.74. The highest BCUT2D eigenvalue weighted by Crippen LogP contribution is 2.26. The van der Waals surface area contributed by atoms with E-state index in [2.05, 4.69) is 76.7 Å². The summed E-state index contributed by atoms with van der Waals surface area (Å²) in [5, 5.41) is 3.59. The van der Waals surface area contributed by atoms with Crippen molar-refractivity contribution in [3.8, 4) is 0 Å². The van der Waals surface area contributed by atoms with Gasteiger partial charge >= 0.3 is 0 Å². The molecule has 1 saturated heterocycles. The molecule has 0 bridgehead atoms. The molecular formula is C29H47F2N5. The van der Waals surface area contributed by atoms with Gasteiger partial charge in [0.1, 0.15) is 0 Å². The minimum Gasteiger partial charge on any atom is -0.338 e. The first-order valence-electron chi connectivity index (χ1n) is 13.7. The second-order valence-corrected chi connectivity index (χ2v) is 9.74. The monoisotopic (exact) mass is 503 g/mol. The zero-order valence-corrected chi connectivity index (χ0v) is 22.6. The van der Waals surface area contributed by atoms with E-state index < -0.39 is 6.43 Å². The number of hydrogen-bond donors (Lipinski definition) is 1. The van der Waals surface area contributed by atoms with Crippen molar-refractivity contribution < 1.29 is 8.78 Å². The quantitative estimate of drug-likeness (QED) is 0.332. The fourth-order valence-electron chi connectivity index (χ4n) is 4.54. The molecule has 0 spiro atoms. The fourth-order valence-corrected chi connectivity index (χ4v) is 4.54. The van der Waals surface area contributed by atoms with Gasteiger partial charge in [-0.3, -0.25) is 4.90 Å². The Morgan fingerprint density at radius 3 is 2.31 bits per heavy atom. The van der Waals surface area contributed by atoms with Gasteiger partial charge in [0.2, 0.25) is 12.4 Å². The summed E-state index contributed by atoms with van der Waals surface area (Å²) in [6.07, 6.45) is 19.3. The van der Waals surface area contributed by atoms with Gasteiger partial charge in [0.15, 0.2) is 0 Å². The standard InChI is InChI=1S/C25H41N5.C4H6F2/c1-4-8-21(3)13-14-23(26-5-2)10-6-9-22-19-27-25(28-20-22)30-17-15-29(16-18-30)24-11-7-12-24;1-2-3-4(5)6/h4,8,13-14,19-21,23-24,26H,5-7,9-12,15-18H2,1-3H3;2,4H,1,3H2/b8-4-,14-13+;. The Labute approximate surface area is 217 Å². The smallest absolute Gasteiger partial charge is 0.242 e. The molecule has 0 radical (unpaired) electrons. The zero-order chi connectivity index (χ0) is 26.2. The van der Waals surface area contributed by atoms with E-state index in [4.69, 9.17) is 0 Å². The highest BCUT2D eigenvalue weighted by Gasteiger charge is 2.28. The van der Waals surface area contributed by atoms with Gasteiger partial charge in [-0.2, -0.15) is 0 Å². The van der Waals surface area contributed by atoms with Crippen LogP contribution in [0.1, 0.15) is 64.9 Å². The average molecular weight is 504 g/mol. The summed E-state index contributed by atoms with van der Waals surface area (Å²) in [4.78, 5) is 14.4. The van der Waals surface area contributed by atoms with Crippen molar-refractivity contribution in [1.82, 2.24) is 20.2 Å². The van der Waals surface area contributed by atoms with Gasteiger partial charge in [0, 0.05) is 57.1 Å². The molecule has 1 saturated carbocycles. The summed E-state index contributed by atoms with van der Waals surface area (Å²) in [7, 11) is 0. The number of allylic oxidation sites excluding steroid dienone is 4. The molecule has 3 rings (SSSR count). The number of rotatable bonds is 13. The third-order valence-corrected chi connectivity index (χ3v) is 6.81. The lowest BCUT2D eigenvalue weighted by atomic mass is 9.91. The zero-order valence-electron chi connectivity index (χ0n) is 22.6. The molecule has 1 aromatic rings. The number of aryl methyl sites for hydroxylation is 1. The molecule has 2 heterocycles.